The van der Waals surface area contributed by atoms with Crippen molar-refractivity contribution in [2.45, 2.75) is 57.5 Å². The Labute approximate surface area is 214 Å². The molecule has 3 rings (SSSR count). The highest BCUT2D eigenvalue weighted by molar-refractivity contribution is 14.1. The molecule has 0 aromatic heterocycles. The number of rotatable bonds is 9. The molecular formula is C25H33IN2O6. The van der Waals surface area contributed by atoms with Crippen molar-refractivity contribution in [1.82, 2.24) is 10.2 Å². The number of benzene rings is 1. The lowest BCUT2D eigenvalue weighted by molar-refractivity contribution is -0.135. The second kappa shape index (κ2) is 12.7. The smallest absolute Gasteiger partial charge is 0.247 e. The van der Waals surface area contributed by atoms with Crippen LogP contribution in [0.4, 0.5) is 0 Å². The number of amides is 2. The molecule has 0 saturated carbocycles. The van der Waals surface area contributed by atoms with E-state index in [1.165, 1.54) is 0 Å². The van der Waals surface area contributed by atoms with E-state index in [4.69, 9.17) is 14.6 Å². The number of carbonyl (C=O) groups excluding carboxylic acids is 2. The third kappa shape index (κ3) is 7.03. The van der Waals surface area contributed by atoms with Gasteiger partial charge in [-0.25, -0.2) is 0 Å². The van der Waals surface area contributed by atoms with Crippen molar-refractivity contribution in [2.75, 3.05) is 26.3 Å². The molecule has 1 aromatic rings. The number of nitrogens with zero attached hydrogens (tertiary/aromatic N) is 1. The van der Waals surface area contributed by atoms with E-state index < -0.39 is 18.2 Å². The average Bonchev–Trinajstić information content (AvgIpc) is 3.31. The molecule has 1 aliphatic heterocycles. The van der Waals surface area contributed by atoms with E-state index in [0.717, 1.165) is 22.0 Å². The molecule has 1 heterocycles. The third-order valence-electron chi connectivity index (χ3n) is 5.83. The fourth-order valence-corrected chi connectivity index (χ4v) is 4.71. The van der Waals surface area contributed by atoms with E-state index in [9.17, 15) is 14.7 Å². The molecule has 34 heavy (non-hydrogen) atoms. The highest BCUT2D eigenvalue weighted by Crippen LogP contribution is 2.30. The number of carbonyl (C=O) groups is 2. The molecule has 1 fully saturated rings. The van der Waals surface area contributed by atoms with Gasteiger partial charge in [-0.1, -0.05) is 17.7 Å². The quantitative estimate of drug-likeness (QED) is 0.304. The molecule has 0 bridgehead atoms. The lowest BCUT2D eigenvalue weighted by atomic mass is 9.87. The summed E-state index contributed by atoms with van der Waals surface area (Å²) in [4.78, 5) is 27.7. The van der Waals surface area contributed by atoms with Crippen molar-refractivity contribution in [3.8, 4) is 5.75 Å². The molecule has 1 aromatic carbocycles. The number of allylic oxidation sites excluding steroid dienone is 1. The molecule has 4 atom stereocenters. The molecule has 186 valence electrons. The second-order valence-electron chi connectivity index (χ2n) is 8.79. The Hall–Kier alpha value is -1.95. The summed E-state index contributed by atoms with van der Waals surface area (Å²) in [5, 5.41) is 23.2. The monoisotopic (exact) mass is 584 g/mol. The average molecular weight is 584 g/mol. The first kappa shape index (κ1) is 26.7. The number of aliphatic hydroxyl groups excluding tert-OH is 2. The molecule has 0 unspecified atom stereocenters. The van der Waals surface area contributed by atoms with Crippen molar-refractivity contribution >= 4 is 34.4 Å². The van der Waals surface area contributed by atoms with Gasteiger partial charge in [-0.3, -0.25) is 9.59 Å². The van der Waals surface area contributed by atoms with Crippen LogP contribution in [0.25, 0.3) is 0 Å². The fraction of sp³-hybridized carbons (Fsp3) is 0.520. The summed E-state index contributed by atoms with van der Waals surface area (Å²) in [5.41, 5.74) is 1.25. The first-order chi connectivity index (χ1) is 16.3. The molecule has 1 saturated heterocycles. The number of para-hydroxylation sites is 1. The zero-order chi connectivity index (χ0) is 24.7. The van der Waals surface area contributed by atoms with Gasteiger partial charge in [0.05, 0.1) is 22.3 Å². The fourth-order valence-electron chi connectivity index (χ4n) is 4.19. The molecular weight excluding hydrogens is 551 g/mol. The van der Waals surface area contributed by atoms with Gasteiger partial charge in [0.15, 0.2) is 0 Å². The number of nitrogens with one attached hydrogen (secondary N) is 1. The topological polar surface area (TPSA) is 108 Å². The number of hydrogen-bond donors (Lipinski definition) is 3. The lowest BCUT2D eigenvalue weighted by Gasteiger charge is -2.41. The van der Waals surface area contributed by atoms with Crippen LogP contribution in [-0.2, 0) is 14.3 Å². The molecule has 0 radical (unpaired) electrons. The van der Waals surface area contributed by atoms with E-state index in [1.807, 2.05) is 32.0 Å². The number of ether oxygens (including phenoxy) is 2. The zero-order valence-electron chi connectivity index (χ0n) is 19.6. The predicted molar refractivity (Wildman–Crippen MR) is 136 cm³/mol. The maximum absolute atomic E-state index is 13.2. The summed E-state index contributed by atoms with van der Waals surface area (Å²) in [5.74, 6) is -0.000821. The Morgan fingerprint density at radius 2 is 2.09 bits per heavy atom. The third-order valence-corrected chi connectivity index (χ3v) is 6.73. The number of hydrogen-bond acceptors (Lipinski definition) is 6. The Morgan fingerprint density at radius 3 is 2.74 bits per heavy atom. The summed E-state index contributed by atoms with van der Waals surface area (Å²) >= 11 is 2.15. The van der Waals surface area contributed by atoms with Gasteiger partial charge in [-0.2, -0.15) is 0 Å². The van der Waals surface area contributed by atoms with Crippen LogP contribution in [0, 0.1) is 3.57 Å². The molecule has 2 amide bonds. The minimum Gasteiger partial charge on any atom is -0.482 e. The highest BCUT2D eigenvalue weighted by atomic mass is 127. The molecule has 1 aliphatic carbocycles. The maximum atomic E-state index is 13.2. The molecule has 2 aliphatic rings. The Bertz CT molecular complexity index is 924. The van der Waals surface area contributed by atoms with Crippen molar-refractivity contribution < 1.29 is 29.3 Å². The SMILES string of the molecule is CC(C)=CC(=O)N(C[C@@H]1CCCO1)[C@@H]1CC(C(=O)NCCO)=C[C@H](Oc2ccccc2I)[C@H]1O. The van der Waals surface area contributed by atoms with Gasteiger partial charge >= 0.3 is 0 Å². The predicted octanol–water partition coefficient (Wildman–Crippen LogP) is 2.18. The van der Waals surface area contributed by atoms with E-state index in [0.29, 0.717) is 24.5 Å². The van der Waals surface area contributed by atoms with Crippen LogP contribution in [0.3, 0.4) is 0 Å². The number of aliphatic hydroxyl groups is 2. The maximum Gasteiger partial charge on any atom is 0.247 e. The van der Waals surface area contributed by atoms with Crippen molar-refractivity contribution in [3.05, 3.63) is 51.1 Å². The summed E-state index contributed by atoms with van der Waals surface area (Å²) in [6, 6.07) is 6.74. The van der Waals surface area contributed by atoms with Gasteiger partial charge in [-0.15, -0.1) is 0 Å². The van der Waals surface area contributed by atoms with Gasteiger partial charge in [0, 0.05) is 37.8 Å². The molecule has 8 nitrogen and oxygen atoms in total. The standard InChI is InChI=1S/C25H33IN2O6/c1-16(2)12-23(30)28(15-18-6-5-11-33-18)20-13-17(25(32)27-9-10-29)14-22(24(20)31)34-21-8-4-3-7-19(21)26/h3-4,7-8,12,14,18,20,22,24,29,31H,5-6,9-11,13,15H2,1-2H3,(H,27,32)/t18-,20+,22-,24-/m0/s1. The summed E-state index contributed by atoms with van der Waals surface area (Å²) in [7, 11) is 0. The zero-order valence-corrected chi connectivity index (χ0v) is 21.7. The Balaban J connectivity index is 1.94. The van der Waals surface area contributed by atoms with Gasteiger partial charge in [0.2, 0.25) is 11.8 Å². The molecule has 0 spiro atoms. The van der Waals surface area contributed by atoms with Gasteiger partial charge < -0.3 is 29.9 Å². The van der Waals surface area contributed by atoms with Crippen LogP contribution in [0.2, 0.25) is 0 Å². The summed E-state index contributed by atoms with van der Waals surface area (Å²) < 4.78 is 12.8. The van der Waals surface area contributed by atoms with Crippen LogP contribution in [0.15, 0.2) is 47.6 Å². The summed E-state index contributed by atoms with van der Waals surface area (Å²) in [6.45, 7) is 4.59. The minimum atomic E-state index is -1.05. The largest absolute Gasteiger partial charge is 0.482 e. The van der Waals surface area contributed by atoms with Crippen molar-refractivity contribution in [1.29, 1.82) is 0 Å². The number of halogens is 1. The van der Waals surface area contributed by atoms with E-state index in [2.05, 4.69) is 27.9 Å². The van der Waals surface area contributed by atoms with Crippen molar-refractivity contribution in [2.24, 2.45) is 0 Å². The van der Waals surface area contributed by atoms with Crippen molar-refractivity contribution in [3.63, 3.8) is 0 Å². The highest BCUT2D eigenvalue weighted by Gasteiger charge is 2.41. The molecule has 3 N–H and O–H groups in total. The summed E-state index contributed by atoms with van der Waals surface area (Å²) in [6.07, 6.45) is 3.08. The van der Waals surface area contributed by atoms with E-state index in [-0.39, 0.29) is 37.5 Å². The second-order valence-corrected chi connectivity index (χ2v) is 9.96. The minimum absolute atomic E-state index is 0.113. The van der Waals surface area contributed by atoms with E-state index >= 15 is 0 Å². The van der Waals surface area contributed by atoms with Gasteiger partial charge in [0.25, 0.3) is 0 Å². The lowest BCUT2D eigenvalue weighted by Crippen LogP contribution is -2.56. The first-order valence-corrected chi connectivity index (χ1v) is 12.6. The van der Waals surface area contributed by atoms with Crippen LogP contribution in [0.1, 0.15) is 33.1 Å². The Morgan fingerprint density at radius 1 is 1.32 bits per heavy atom. The van der Waals surface area contributed by atoms with Gasteiger partial charge in [0.1, 0.15) is 18.0 Å². The first-order valence-electron chi connectivity index (χ1n) is 11.6. The van der Waals surface area contributed by atoms with E-state index in [1.54, 1.807) is 23.1 Å². The van der Waals surface area contributed by atoms with Gasteiger partial charge in [-0.05, 0) is 67.5 Å². The Kier molecular flexibility index (Phi) is 9.93. The van der Waals surface area contributed by atoms with Crippen LogP contribution < -0.4 is 10.1 Å². The normalized spacial score (nSPS) is 24.2. The van der Waals surface area contributed by atoms with Crippen LogP contribution >= 0.6 is 22.6 Å². The van der Waals surface area contributed by atoms with Crippen LogP contribution in [-0.4, -0.2) is 77.6 Å². The van der Waals surface area contributed by atoms with Crippen LogP contribution in [0.5, 0.6) is 5.75 Å². The molecule has 9 heteroatoms.